The Morgan fingerprint density at radius 3 is 2.69 bits per heavy atom. The van der Waals surface area contributed by atoms with Crippen LogP contribution in [0.1, 0.15) is 56.9 Å². The summed E-state index contributed by atoms with van der Waals surface area (Å²) >= 11 is 0. The molecule has 3 aliphatic carbocycles. The number of fused-ring (bicyclic) bond motifs is 4. The molecule has 1 N–H and O–H groups in total. The molecule has 170 valence electrons. The normalized spacial score (nSPS) is 36.2. The Balaban J connectivity index is 1.65. The molecule has 32 heavy (non-hydrogen) atoms. The number of benzene rings is 1. The van der Waals surface area contributed by atoms with Gasteiger partial charge in [-0.15, -0.1) is 6.58 Å². The number of carbonyl (C=O) groups is 1. The molecular formula is C28H35NO3. The summed E-state index contributed by atoms with van der Waals surface area (Å²) in [6.45, 7) is 6.72. The number of hydrogen-bond donors (Lipinski definition) is 1. The fourth-order valence-corrected chi connectivity index (χ4v) is 6.98. The SMILES string of the molecule is C=CCC1(O)CCC2C3OCC4=CC(=O)CCC4=C3C(c3ccc(N(C)C)cc3)CC21C. The van der Waals surface area contributed by atoms with Gasteiger partial charge in [-0.05, 0) is 78.5 Å². The van der Waals surface area contributed by atoms with E-state index in [1.807, 2.05) is 12.2 Å². The maximum absolute atomic E-state index is 12.1. The summed E-state index contributed by atoms with van der Waals surface area (Å²) in [5, 5.41) is 11.8. The molecule has 5 atom stereocenters. The summed E-state index contributed by atoms with van der Waals surface area (Å²) in [5.74, 6) is 0.672. The second-order valence-corrected chi connectivity index (χ2v) is 10.6. The van der Waals surface area contributed by atoms with Crippen LogP contribution in [0.3, 0.4) is 0 Å². The first-order valence-corrected chi connectivity index (χ1v) is 12.0. The van der Waals surface area contributed by atoms with Gasteiger partial charge in [0, 0.05) is 37.5 Å². The Kier molecular flexibility index (Phi) is 5.22. The van der Waals surface area contributed by atoms with Gasteiger partial charge in [0.25, 0.3) is 0 Å². The number of ether oxygens (including phenoxy) is 1. The average Bonchev–Trinajstić information content (AvgIpc) is 3.03. The Bertz CT molecular complexity index is 1000. The first-order chi connectivity index (χ1) is 15.3. The molecule has 0 radical (unpaired) electrons. The number of allylic oxidation sites excluding steroid dienone is 1. The number of anilines is 1. The van der Waals surface area contributed by atoms with Gasteiger partial charge in [-0.2, -0.15) is 0 Å². The molecule has 4 nitrogen and oxygen atoms in total. The Labute approximate surface area is 191 Å². The average molecular weight is 434 g/mol. The number of carbonyl (C=O) groups excluding carboxylic acids is 1. The van der Waals surface area contributed by atoms with Gasteiger partial charge in [-0.25, -0.2) is 0 Å². The number of nitrogens with zero attached hydrogens (tertiary/aromatic N) is 1. The first-order valence-electron chi connectivity index (χ1n) is 12.0. The van der Waals surface area contributed by atoms with Crippen molar-refractivity contribution >= 4 is 11.5 Å². The predicted molar refractivity (Wildman–Crippen MR) is 128 cm³/mol. The van der Waals surface area contributed by atoms with Gasteiger partial charge in [0.2, 0.25) is 0 Å². The highest BCUT2D eigenvalue weighted by Crippen LogP contribution is 2.65. The lowest BCUT2D eigenvalue weighted by Gasteiger charge is -2.54. The zero-order chi connectivity index (χ0) is 22.7. The van der Waals surface area contributed by atoms with Crippen LogP contribution in [-0.4, -0.2) is 43.3 Å². The lowest BCUT2D eigenvalue weighted by atomic mass is 9.55. The summed E-state index contributed by atoms with van der Waals surface area (Å²) in [4.78, 5) is 14.2. The maximum atomic E-state index is 12.1. The molecule has 0 saturated heterocycles. The topological polar surface area (TPSA) is 49.8 Å². The van der Waals surface area contributed by atoms with Crippen LogP contribution < -0.4 is 4.90 Å². The Morgan fingerprint density at radius 1 is 1.25 bits per heavy atom. The number of hydrogen-bond acceptors (Lipinski definition) is 4. The number of rotatable bonds is 4. The number of aliphatic hydroxyl groups is 1. The Morgan fingerprint density at radius 2 is 2.00 bits per heavy atom. The molecular weight excluding hydrogens is 398 g/mol. The van der Waals surface area contributed by atoms with E-state index >= 15 is 0 Å². The molecule has 4 heteroatoms. The quantitative estimate of drug-likeness (QED) is 0.683. The lowest BCUT2D eigenvalue weighted by molar-refractivity contribution is -0.117. The van der Waals surface area contributed by atoms with Gasteiger partial charge < -0.3 is 14.7 Å². The molecule has 1 aromatic rings. The molecule has 0 spiro atoms. The van der Waals surface area contributed by atoms with Gasteiger partial charge in [0.15, 0.2) is 5.78 Å². The predicted octanol–water partition coefficient (Wildman–Crippen LogP) is 4.95. The molecule has 5 unspecified atom stereocenters. The number of ketones is 1. The second kappa shape index (κ2) is 7.71. The fourth-order valence-electron chi connectivity index (χ4n) is 6.98. The third kappa shape index (κ3) is 3.14. The third-order valence-corrected chi connectivity index (χ3v) is 8.83. The van der Waals surface area contributed by atoms with Crippen molar-refractivity contribution in [2.45, 2.75) is 63.1 Å². The van der Waals surface area contributed by atoms with Crippen LogP contribution in [0.5, 0.6) is 0 Å². The van der Waals surface area contributed by atoms with E-state index in [2.05, 4.69) is 56.8 Å². The zero-order valence-corrected chi connectivity index (χ0v) is 19.6. The molecule has 1 heterocycles. The van der Waals surface area contributed by atoms with E-state index in [4.69, 9.17) is 4.74 Å². The van der Waals surface area contributed by atoms with Crippen molar-refractivity contribution in [2.75, 3.05) is 25.6 Å². The second-order valence-electron chi connectivity index (χ2n) is 10.6. The maximum Gasteiger partial charge on any atom is 0.156 e. The zero-order valence-electron chi connectivity index (χ0n) is 19.6. The minimum Gasteiger partial charge on any atom is -0.389 e. The standard InChI is InChI=1S/C28H35NO3/c1-5-13-28(31)14-12-24-26-25(22-11-10-21(30)15-19(22)17-32-26)23(16-27(24,28)2)18-6-8-20(9-7-18)29(3)4/h5-9,15,23-24,26,31H,1,10-14,16-17H2,2-4H3. The largest absolute Gasteiger partial charge is 0.389 e. The van der Waals surface area contributed by atoms with Crippen LogP contribution in [-0.2, 0) is 9.53 Å². The van der Waals surface area contributed by atoms with Gasteiger partial charge in [-0.3, -0.25) is 4.79 Å². The van der Waals surface area contributed by atoms with Crippen LogP contribution in [0.15, 0.2) is 59.7 Å². The molecule has 2 saturated carbocycles. The van der Waals surface area contributed by atoms with Crippen molar-refractivity contribution in [1.82, 2.24) is 0 Å². The van der Waals surface area contributed by atoms with Crippen molar-refractivity contribution in [3.05, 3.63) is 65.3 Å². The van der Waals surface area contributed by atoms with E-state index < -0.39 is 5.60 Å². The van der Waals surface area contributed by atoms with Crippen molar-refractivity contribution in [2.24, 2.45) is 11.3 Å². The summed E-state index contributed by atoms with van der Waals surface area (Å²) in [5.41, 5.74) is 5.26. The third-order valence-electron chi connectivity index (χ3n) is 8.83. The van der Waals surface area contributed by atoms with Crippen molar-refractivity contribution in [3.8, 4) is 0 Å². The summed E-state index contributed by atoms with van der Waals surface area (Å²) in [6, 6.07) is 8.84. The summed E-state index contributed by atoms with van der Waals surface area (Å²) in [6.07, 6.45) is 8.35. The highest BCUT2D eigenvalue weighted by atomic mass is 16.5. The Hall–Kier alpha value is -2.17. The van der Waals surface area contributed by atoms with Gasteiger partial charge in [-0.1, -0.05) is 25.1 Å². The van der Waals surface area contributed by atoms with Crippen molar-refractivity contribution < 1.29 is 14.6 Å². The monoisotopic (exact) mass is 433 g/mol. The minimum atomic E-state index is -0.751. The van der Waals surface area contributed by atoms with Crippen LogP contribution in [0.25, 0.3) is 0 Å². The molecule has 0 amide bonds. The van der Waals surface area contributed by atoms with E-state index in [0.29, 0.717) is 19.4 Å². The van der Waals surface area contributed by atoms with Crippen molar-refractivity contribution in [1.29, 1.82) is 0 Å². The molecule has 0 aromatic heterocycles. The van der Waals surface area contributed by atoms with E-state index in [9.17, 15) is 9.90 Å². The van der Waals surface area contributed by atoms with Crippen LogP contribution >= 0.6 is 0 Å². The lowest BCUT2D eigenvalue weighted by Crippen LogP contribution is -2.54. The van der Waals surface area contributed by atoms with Gasteiger partial charge in [0.05, 0.1) is 18.3 Å². The van der Waals surface area contributed by atoms with Crippen LogP contribution in [0, 0.1) is 11.3 Å². The van der Waals surface area contributed by atoms with E-state index in [-0.39, 0.29) is 29.1 Å². The van der Waals surface area contributed by atoms with Crippen molar-refractivity contribution in [3.63, 3.8) is 0 Å². The molecule has 2 fully saturated rings. The summed E-state index contributed by atoms with van der Waals surface area (Å²) < 4.78 is 6.54. The highest BCUT2D eigenvalue weighted by molar-refractivity contribution is 5.93. The highest BCUT2D eigenvalue weighted by Gasteiger charge is 2.63. The first kappa shape index (κ1) is 21.7. The van der Waals surface area contributed by atoms with Gasteiger partial charge in [0.1, 0.15) is 0 Å². The van der Waals surface area contributed by atoms with E-state index in [0.717, 1.165) is 31.3 Å². The smallest absolute Gasteiger partial charge is 0.156 e. The molecule has 5 rings (SSSR count). The van der Waals surface area contributed by atoms with Gasteiger partial charge >= 0.3 is 0 Å². The molecule has 4 aliphatic rings. The van der Waals surface area contributed by atoms with Crippen LogP contribution in [0.4, 0.5) is 5.69 Å². The van der Waals surface area contributed by atoms with E-state index in [1.165, 1.54) is 22.4 Å². The fraction of sp³-hybridized carbons (Fsp3) is 0.536. The summed E-state index contributed by atoms with van der Waals surface area (Å²) in [7, 11) is 4.11. The molecule has 1 aromatic carbocycles. The van der Waals surface area contributed by atoms with Crippen LogP contribution in [0.2, 0.25) is 0 Å². The molecule has 1 aliphatic heterocycles. The molecule has 0 bridgehead atoms. The minimum absolute atomic E-state index is 0.00599. The van der Waals surface area contributed by atoms with E-state index in [1.54, 1.807) is 0 Å².